The molecule has 0 amide bonds. The van der Waals surface area contributed by atoms with Crippen LogP contribution in [0.5, 0.6) is 0 Å². The van der Waals surface area contributed by atoms with E-state index < -0.39 is 0 Å². The minimum Gasteiger partial charge on any atom is -0.383 e. The van der Waals surface area contributed by atoms with Crippen molar-refractivity contribution in [3.8, 4) is 0 Å². The second-order valence-corrected chi connectivity index (χ2v) is 9.09. The molecule has 1 aliphatic heterocycles. The standard InChI is InChI=1S/C20H20FN3O2S2/c1-3-20(2)8-13-15(9-26-20)28-18-16(13)17(22)23-19(24-18)27-10-14(25)11-4-6-12(21)7-5-11/h4-7H,3,8-10H2,1-2H3,(H2,22,23,24)/t20-/m1/s1. The Labute approximate surface area is 170 Å². The lowest BCUT2D eigenvalue weighted by atomic mass is 9.90. The first-order chi connectivity index (χ1) is 13.4. The van der Waals surface area contributed by atoms with Crippen LogP contribution in [0.15, 0.2) is 29.4 Å². The molecule has 2 aromatic heterocycles. The second kappa shape index (κ2) is 7.42. The maximum absolute atomic E-state index is 13.0. The number of ketones is 1. The number of anilines is 1. The van der Waals surface area contributed by atoms with Crippen LogP contribution in [0.25, 0.3) is 10.2 Å². The molecule has 0 bridgehead atoms. The quantitative estimate of drug-likeness (QED) is 0.370. The van der Waals surface area contributed by atoms with Crippen LogP contribution in [0.3, 0.4) is 0 Å². The van der Waals surface area contributed by atoms with E-state index >= 15 is 0 Å². The highest BCUT2D eigenvalue weighted by molar-refractivity contribution is 7.99. The average molecular weight is 418 g/mol. The Bertz CT molecular complexity index is 1050. The molecule has 4 rings (SSSR count). The van der Waals surface area contributed by atoms with Gasteiger partial charge in [0.05, 0.1) is 23.3 Å². The van der Waals surface area contributed by atoms with E-state index in [-0.39, 0.29) is 23.0 Å². The Morgan fingerprint density at radius 3 is 2.82 bits per heavy atom. The number of thiophene rings is 1. The molecule has 5 nitrogen and oxygen atoms in total. The number of Topliss-reactive ketones (excluding diaryl/α,β-unsaturated/α-hetero) is 1. The first-order valence-electron chi connectivity index (χ1n) is 9.02. The van der Waals surface area contributed by atoms with E-state index in [4.69, 9.17) is 10.5 Å². The number of nitrogens with two attached hydrogens (primary N) is 1. The Morgan fingerprint density at radius 1 is 1.36 bits per heavy atom. The number of thioether (sulfide) groups is 1. The molecular weight excluding hydrogens is 397 g/mol. The van der Waals surface area contributed by atoms with Gasteiger partial charge >= 0.3 is 0 Å². The van der Waals surface area contributed by atoms with Gasteiger partial charge in [0.25, 0.3) is 0 Å². The summed E-state index contributed by atoms with van der Waals surface area (Å²) in [5.74, 6) is 0.138. The number of carbonyl (C=O) groups is 1. The summed E-state index contributed by atoms with van der Waals surface area (Å²) < 4.78 is 19.0. The van der Waals surface area contributed by atoms with Gasteiger partial charge in [0.2, 0.25) is 0 Å². The summed E-state index contributed by atoms with van der Waals surface area (Å²) in [6.07, 6.45) is 1.71. The zero-order valence-electron chi connectivity index (χ0n) is 15.6. The van der Waals surface area contributed by atoms with E-state index in [0.717, 1.165) is 27.9 Å². The minimum atomic E-state index is -0.365. The van der Waals surface area contributed by atoms with Crippen molar-refractivity contribution in [2.75, 3.05) is 11.5 Å². The maximum atomic E-state index is 13.0. The third kappa shape index (κ3) is 3.64. The van der Waals surface area contributed by atoms with E-state index in [1.807, 2.05) is 0 Å². The van der Waals surface area contributed by atoms with Crippen LogP contribution in [0, 0.1) is 5.82 Å². The molecule has 0 unspecified atom stereocenters. The number of fused-ring (bicyclic) bond motifs is 3. The lowest BCUT2D eigenvalue weighted by Crippen LogP contribution is -2.33. The number of hydrogen-bond acceptors (Lipinski definition) is 7. The van der Waals surface area contributed by atoms with Crippen molar-refractivity contribution in [1.29, 1.82) is 0 Å². The number of hydrogen-bond donors (Lipinski definition) is 1. The van der Waals surface area contributed by atoms with Crippen molar-refractivity contribution in [2.24, 2.45) is 0 Å². The zero-order valence-corrected chi connectivity index (χ0v) is 17.3. The number of carbonyl (C=O) groups excluding carboxylic acids is 1. The molecule has 0 spiro atoms. The highest BCUT2D eigenvalue weighted by atomic mass is 32.2. The number of ether oxygens (including phenoxy) is 1. The molecule has 146 valence electrons. The molecule has 3 heterocycles. The first-order valence-corrected chi connectivity index (χ1v) is 10.8. The number of rotatable bonds is 5. The lowest BCUT2D eigenvalue weighted by molar-refractivity contribution is -0.0542. The average Bonchev–Trinajstić information content (AvgIpc) is 3.04. The van der Waals surface area contributed by atoms with E-state index in [9.17, 15) is 9.18 Å². The predicted octanol–water partition coefficient (Wildman–Crippen LogP) is 4.63. The van der Waals surface area contributed by atoms with Crippen LogP contribution in [0.1, 0.15) is 41.1 Å². The van der Waals surface area contributed by atoms with Crippen molar-refractivity contribution >= 4 is 44.9 Å². The number of aromatic nitrogens is 2. The fraction of sp³-hybridized carbons (Fsp3) is 0.350. The molecule has 3 aromatic rings. The van der Waals surface area contributed by atoms with Crippen molar-refractivity contribution < 1.29 is 13.9 Å². The predicted molar refractivity (Wildman–Crippen MR) is 110 cm³/mol. The largest absolute Gasteiger partial charge is 0.383 e. The summed E-state index contributed by atoms with van der Waals surface area (Å²) in [6.45, 7) is 4.79. The van der Waals surface area contributed by atoms with Crippen LogP contribution >= 0.6 is 23.1 Å². The number of halogens is 1. The molecule has 0 fully saturated rings. The fourth-order valence-electron chi connectivity index (χ4n) is 3.22. The van der Waals surface area contributed by atoms with Crippen molar-refractivity contribution in [2.45, 2.75) is 44.1 Å². The number of nitrogen functional groups attached to an aromatic ring is 1. The summed E-state index contributed by atoms with van der Waals surface area (Å²) >= 11 is 2.81. The summed E-state index contributed by atoms with van der Waals surface area (Å²) in [5, 5.41) is 1.38. The first kappa shape index (κ1) is 19.3. The maximum Gasteiger partial charge on any atom is 0.191 e. The number of nitrogens with zero attached hydrogens (tertiary/aromatic N) is 2. The summed E-state index contributed by atoms with van der Waals surface area (Å²) in [7, 11) is 0. The Hall–Kier alpha value is -2.03. The van der Waals surface area contributed by atoms with Gasteiger partial charge < -0.3 is 10.5 Å². The highest BCUT2D eigenvalue weighted by Gasteiger charge is 2.33. The smallest absolute Gasteiger partial charge is 0.191 e. The topological polar surface area (TPSA) is 78.1 Å². The Morgan fingerprint density at radius 2 is 2.11 bits per heavy atom. The molecule has 1 aromatic carbocycles. The van der Waals surface area contributed by atoms with Gasteiger partial charge in [0, 0.05) is 16.9 Å². The SMILES string of the molecule is CC[C@]1(C)Cc2c(sc3nc(SCC(=O)c4ccc(F)cc4)nc(N)c23)CO1. The monoisotopic (exact) mass is 417 g/mol. The van der Waals surface area contributed by atoms with Crippen LogP contribution in [0.2, 0.25) is 0 Å². The van der Waals surface area contributed by atoms with Gasteiger partial charge in [-0.2, -0.15) is 0 Å². The molecular formula is C20H20FN3O2S2. The van der Waals surface area contributed by atoms with Gasteiger partial charge in [-0.15, -0.1) is 11.3 Å². The fourth-order valence-corrected chi connectivity index (χ4v) is 5.13. The molecule has 8 heteroatoms. The van der Waals surface area contributed by atoms with Crippen molar-refractivity contribution in [1.82, 2.24) is 9.97 Å². The summed E-state index contributed by atoms with van der Waals surface area (Å²) in [4.78, 5) is 23.3. The van der Waals surface area contributed by atoms with E-state index in [0.29, 0.717) is 23.1 Å². The third-order valence-corrected chi connectivity index (χ3v) is 7.04. The van der Waals surface area contributed by atoms with Gasteiger partial charge in [-0.25, -0.2) is 14.4 Å². The van der Waals surface area contributed by atoms with Crippen LogP contribution in [0.4, 0.5) is 10.2 Å². The Kier molecular flexibility index (Phi) is 5.11. The molecule has 0 saturated carbocycles. The van der Waals surface area contributed by atoms with Gasteiger partial charge in [0.15, 0.2) is 10.9 Å². The van der Waals surface area contributed by atoms with Gasteiger partial charge in [-0.3, -0.25) is 4.79 Å². The Balaban J connectivity index is 1.57. The van der Waals surface area contributed by atoms with E-state index in [2.05, 4.69) is 23.8 Å². The van der Waals surface area contributed by atoms with Gasteiger partial charge in [-0.1, -0.05) is 18.7 Å². The second-order valence-electron chi connectivity index (χ2n) is 7.06. The highest BCUT2D eigenvalue weighted by Crippen LogP contribution is 2.41. The molecule has 28 heavy (non-hydrogen) atoms. The number of benzene rings is 1. The van der Waals surface area contributed by atoms with E-state index in [1.165, 1.54) is 41.6 Å². The third-order valence-electron chi connectivity index (χ3n) is 5.09. The van der Waals surface area contributed by atoms with Crippen LogP contribution in [-0.4, -0.2) is 27.1 Å². The lowest BCUT2D eigenvalue weighted by Gasteiger charge is -2.33. The van der Waals surface area contributed by atoms with Crippen LogP contribution in [-0.2, 0) is 17.8 Å². The molecule has 0 radical (unpaired) electrons. The zero-order chi connectivity index (χ0) is 19.9. The molecule has 0 saturated heterocycles. The van der Waals surface area contributed by atoms with Crippen molar-refractivity contribution in [3.63, 3.8) is 0 Å². The summed E-state index contributed by atoms with van der Waals surface area (Å²) in [5.41, 5.74) is 7.72. The van der Waals surface area contributed by atoms with Crippen molar-refractivity contribution in [3.05, 3.63) is 46.1 Å². The molecule has 1 atom stereocenters. The summed E-state index contributed by atoms with van der Waals surface area (Å²) in [6, 6.07) is 5.52. The molecule has 2 N–H and O–H groups in total. The van der Waals surface area contributed by atoms with E-state index in [1.54, 1.807) is 11.3 Å². The van der Waals surface area contributed by atoms with Crippen LogP contribution < -0.4 is 5.73 Å². The normalized spacial score (nSPS) is 19.0. The molecule has 1 aliphatic rings. The van der Waals surface area contributed by atoms with Gasteiger partial charge in [-0.05, 0) is 43.2 Å². The molecule has 0 aliphatic carbocycles. The van der Waals surface area contributed by atoms with Gasteiger partial charge in [0.1, 0.15) is 16.5 Å². The minimum absolute atomic E-state index is 0.107.